The van der Waals surface area contributed by atoms with E-state index in [0.717, 1.165) is 23.4 Å². The van der Waals surface area contributed by atoms with E-state index in [0.29, 0.717) is 34.8 Å². The molecule has 130 valence electrons. The maximum Gasteiger partial charge on any atom is 0.203 e. The number of aryl methyl sites for hydroxylation is 1. The van der Waals surface area contributed by atoms with Gasteiger partial charge in [0.05, 0.1) is 21.3 Å². The molecule has 1 aromatic carbocycles. The van der Waals surface area contributed by atoms with Crippen LogP contribution in [0.3, 0.4) is 0 Å². The average Bonchev–Trinajstić information content (AvgIpc) is 2.58. The zero-order valence-corrected chi connectivity index (χ0v) is 15.3. The van der Waals surface area contributed by atoms with Gasteiger partial charge in [0.15, 0.2) is 11.5 Å². The second-order valence-corrected chi connectivity index (χ2v) is 5.45. The zero-order chi connectivity index (χ0) is 17.7. The van der Waals surface area contributed by atoms with Crippen molar-refractivity contribution < 1.29 is 14.2 Å². The molecule has 0 atom stereocenters. The Kier molecular flexibility index (Phi) is 6.09. The third-order valence-corrected chi connectivity index (χ3v) is 3.97. The number of benzene rings is 1. The number of nitrogens with zero attached hydrogens (tertiary/aromatic N) is 2. The van der Waals surface area contributed by atoms with Crippen molar-refractivity contribution in [1.82, 2.24) is 9.97 Å². The van der Waals surface area contributed by atoms with E-state index in [-0.39, 0.29) is 0 Å². The van der Waals surface area contributed by atoms with Crippen LogP contribution >= 0.6 is 11.6 Å². The molecule has 0 saturated carbocycles. The van der Waals surface area contributed by atoms with Crippen LogP contribution in [0.5, 0.6) is 17.2 Å². The van der Waals surface area contributed by atoms with Gasteiger partial charge in [-0.05, 0) is 25.5 Å². The van der Waals surface area contributed by atoms with E-state index in [1.807, 2.05) is 26.0 Å². The quantitative estimate of drug-likeness (QED) is 0.768. The summed E-state index contributed by atoms with van der Waals surface area (Å²) in [6, 6.07) is 3.77. The Labute approximate surface area is 147 Å². The number of ether oxygens (including phenoxy) is 3. The van der Waals surface area contributed by atoms with Crippen molar-refractivity contribution >= 4 is 17.4 Å². The molecule has 1 heterocycles. The van der Waals surface area contributed by atoms with E-state index >= 15 is 0 Å². The van der Waals surface area contributed by atoms with Crippen LogP contribution in [0.1, 0.15) is 23.9 Å². The molecule has 0 unspecified atom stereocenters. The van der Waals surface area contributed by atoms with Crippen LogP contribution in [0.2, 0.25) is 5.15 Å². The molecule has 6 nitrogen and oxygen atoms in total. The molecule has 0 spiro atoms. The minimum atomic E-state index is 0.478. The highest BCUT2D eigenvalue weighted by Crippen LogP contribution is 2.40. The predicted molar refractivity (Wildman–Crippen MR) is 94.6 cm³/mol. The molecule has 1 N–H and O–H groups in total. The molecule has 0 saturated heterocycles. The zero-order valence-electron chi connectivity index (χ0n) is 14.6. The molecule has 7 heteroatoms. The Morgan fingerprint density at radius 1 is 1.04 bits per heavy atom. The van der Waals surface area contributed by atoms with Crippen molar-refractivity contribution in [2.75, 3.05) is 26.6 Å². The van der Waals surface area contributed by atoms with Gasteiger partial charge in [0.1, 0.15) is 16.8 Å². The first-order valence-electron chi connectivity index (χ1n) is 7.60. The number of hydrogen-bond acceptors (Lipinski definition) is 6. The van der Waals surface area contributed by atoms with E-state index in [1.165, 1.54) is 0 Å². The first-order valence-corrected chi connectivity index (χ1v) is 7.98. The molecule has 0 amide bonds. The van der Waals surface area contributed by atoms with Crippen LogP contribution in [0.4, 0.5) is 5.82 Å². The fraction of sp³-hybridized carbons (Fsp3) is 0.412. The van der Waals surface area contributed by atoms with E-state index in [1.54, 1.807) is 21.3 Å². The topological polar surface area (TPSA) is 65.5 Å². The normalized spacial score (nSPS) is 10.4. The SMILES string of the molecule is CCc1c(Cl)nc(C)nc1NCc1ccc(OC)c(OC)c1OC. The molecule has 0 bridgehead atoms. The average molecular weight is 352 g/mol. The summed E-state index contributed by atoms with van der Waals surface area (Å²) < 4.78 is 16.2. The number of halogens is 1. The van der Waals surface area contributed by atoms with Gasteiger partial charge in [0.25, 0.3) is 0 Å². The Morgan fingerprint density at radius 3 is 2.33 bits per heavy atom. The molecule has 24 heavy (non-hydrogen) atoms. The largest absolute Gasteiger partial charge is 0.493 e. The van der Waals surface area contributed by atoms with Crippen molar-refractivity contribution in [1.29, 1.82) is 0 Å². The van der Waals surface area contributed by atoms with Crippen LogP contribution in [0.15, 0.2) is 12.1 Å². The number of nitrogens with one attached hydrogen (secondary N) is 1. The molecule has 0 aliphatic rings. The summed E-state index contributed by atoms with van der Waals surface area (Å²) in [6.45, 7) is 4.33. The summed E-state index contributed by atoms with van der Waals surface area (Å²) in [5.74, 6) is 3.16. The van der Waals surface area contributed by atoms with E-state index in [4.69, 9.17) is 25.8 Å². The van der Waals surface area contributed by atoms with Crippen molar-refractivity contribution in [2.24, 2.45) is 0 Å². The lowest BCUT2D eigenvalue weighted by Gasteiger charge is -2.17. The smallest absolute Gasteiger partial charge is 0.203 e. The molecule has 0 fully saturated rings. The minimum Gasteiger partial charge on any atom is -0.493 e. The molecule has 0 radical (unpaired) electrons. The van der Waals surface area contributed by atoms with E-state index in [2.05, 4.69) is 15.3 Å². The van der Waals surface area contributed by atoms with Crippen molar-refractivity contribution in [2.45, 2.75) is 26.8 Å². The lowest BCUT2D eigenvalue weighted by atomic mass is 10.1. The van der Waals surface area contributed by atoms with Crippen LogP contribution in [0.25, 0.3) is 0 Å². The third kappa shape index (κ3) is 3.64. The molecular weight excluding hydrogens is 330 g/mol. The van der Waals surface area contributed by atoms with Gasteiger partial charge in [0.2, 0.25) is 5.75 Å². The molecule has 0 aliphatic heterocycles. The number of methoxy groups -OCH3 is 3. The first-order chi connectivity index (χ1) is 11.5. The van der Waals surface area contributed by atoms with Crippen molar-refractivity contribution in [3.63, 3.8) is 0 Å². The Bertz CT molecular complexity index is 723. The number of anilines is 1. The summed E-state index contributed by atoms with van der Waals surface area (Å²) in [5.41, 5.74) is 1.81. The Balaban J connectivity index is 2.33. The molecule has 2 rings (SSSR count). The predicted octanol–water partition coefficient (Wildman–Crippen LogP) is 3.64. The highest BCUT2D eigenvalue weighted by molar-refractivity contribution is 6.30. The fourth-order valence-electron chi connectivity index (χ4n) is 2.50. The molecule has 1 aromatic heterocycles. The van der Waals surface area contributed by atoms with Gasteiger partial charge in [0, 0.05) is 17.7 Å². The van der Waals surface area contributed by atoms with Crippen LogP contribution < -0.4 is 19.5 Å². The third-order valence-electron chi connectivity index (χ3n) is 3.65. The molecule has 0 aliphatic carbocycles. The second kappa shape index (κ2) is 8.06. The van der Waals surface area contributed by atoms with Crippen molar-refractivity contribution in [3.05, 3.63) is 34.2 Å². The van der Waals surface area contributed by atoms with Gasteiger partial charge in [-0.1, -0.05) is 18.5 Å². The van der Waals surface area contributed by atoms with Crippen LogP contribution in [-0.2, 0) is 13.0 Å². The first kappa shape index (κ1) is 18.1. The minimum absolute atomic E-state index is 0.478. The van der Waals surface area contributed by atoms with Gasteiger partial charge < -0.3 is 19.5 Å². The molecule has 2 aromatic rings. The lowest BCUT2D eigenvalue weighted by molar-refractivity contribution is 0.322. The molecular formula is C17H22ClN3O3. The van der Waals surface area contributed by atoms with E-state index in [9.17, 15) is 0 Å². The summed E-state index contributed by atoms with van der Waals surface area (Å²) in [5, 5.41) is 3.79. The lowest BCUT2D eigenvalue weighted by Crippen LogP contribution is -2.09. The van der Waals surface area contributed by atoms with Gasteiger partial charge in [-0.3, -0.25) is 0 Å². The maximum atomic E-state index is 6.21. The van der Waals surface area contributed by atoms with Crippen LogP contribution in [-0.4, -0.2) is 31.3 Å². The standard InChI is InChI=1S/C17H22ClN3O3/c1-6-12-16(18)20-10(2)21-17(12)19-9-11-7-8-13(22-3)15(24-5)14(11)23-4/h7-8H,6,9H2,1-5H3,(H,19,20,21). The highest BCUT2D eigenvalue weighted by Gasteiger charge is 2.16. The second-order valence-electron chi connectivity index (χ2n) is 5.09. The van der Waals surface area contributed by atoms with Crippen molar-refractivity contribution in [3.8, 4) is 17.2 Å². The highest BCUT2D eigenvalue weighted by atomic mass is 35.5. The fourth-order valence-corrected chi connectivity index (χ4v) is 2.85. The Morgan fingerprint density at radius 2 is 1.75 bits per heavy atom. The maximum absolute atomic E-state index is 6.21. The summed E-state index contributed by atoms with van der Waals surface area (Å²) in [7, 11) is 4.78. The van der Waals surface area contributed by atoms with Gasteiger partial charge >= 0.3 is 0 Å². The number of hydrogen-bond donors (Lipinski definition) is 1. The van der Waals surface area contributed by atoms with Gasteiger partial charge in [-0.15, -0.1) is 0 Å². The summed E-state index contributed by atoms with van der Waals surface area (Å²) in [4.78, 5) is 8.65. The van der Waals surface area contributed by atoms with Crippen LogP contribution in [0, 0.1) is 6.92 Å². The van der Waals surface area contributed by atoms with E-state index < -0.39 is 0 Å². The monoisotopic (exact) mass is 351 g/mol. The van der Waals surface area contributed by atoms with Gasteiger partial charge in [-0.25, -0.2) is 9.97 Å². The van der Waals surface area contributed by atoms with Gasteiger partial charge in [-0.2, -0.15) is 0 Å². The number of aromatic nitrogens is 2. The summed E-state index contributed by atoms with van der Waals surface area (Å²) >= 11 is 6.21. The summed E-state index contributed by atoms with van der Waals surface area (Å²) in [6.07, 6.45) is 0.741. The Hall–Kier alpha value is -2.21. The number of rotatable bonds is 7.